The molecule has 21 heavy (non-hydrogen) atoms. The summed E-state index contributed by atoms with van der Waals surface area (Å²) in [6, 6.07) is 4.66. The monoisotopic (exact) mass is 304 g/mol. The zero-order valence-corrected chi connectivity index (χ0v) is 14.3. The van der Waals surface area contributed by atoms with Crippen LogP contribution in [0.5, 0.6) is 5.75 Å². The number of likely N-dealkylation sites (N-methyl/N-ethyl adjacent to an activating group) is 1. The van der Waals surface area contributed by atoms with Crippen LogP contribution in [0.25, 0.3) is 0 Å². The predicted molar refractivity (Wildman–Crippen MR) is 89.4 cm³/mol. The first-order valence-corrected chi connectivity index (χ1v) is 8.22. The lowest BCUT2D eigenvalue weighted by Gasteiger charge is -2.21. The first-order chi connectivity index (χ1) is 10.0. The maximum atomic E-state index is 5.41. The molecule has 3 nitrogen and oxygen atoms in total. The second-order valence-electron chi connectivity index (χ2n) is 5.38. The molecule has 0 radical (unpaired) electrons. The van der Waals surface area contributed by atoms with Gasteiger partial charge in [0.1, 0.15) is 5.75 Å². The van der Waals surface area contributed by atoms with E-state index in [1.165, 1.54) is 21.7 Å². The normalized spacial score (nSPS) is 12.4. The largest absolute Gasteiger partial charge is 0.496 e. The van der Waals surface area contributed by atoms with Gasteiger partial charge in [-0.1, -0.05) is 13.0 Å². The summed E-state index contributed by atoms with van der Waals surface area (Å²) in [6.07, 6.45) is 0.930. The molecular weight excluding hydrogens is 280 g/mol. The molecule has 0 fully saturated rings. The molecule has 1 aromatic carbocycles. The van der Waals surface area contributed by atoms with Gasteiger partial charge in [0.05, 0.1) is 12.1 Å². The molecule has 2 aromatic rings. The van der Waals surface area contributed by atoms with E-state index in [4.69, 9.17) is 4.74 Å². The fourth-order valence-electron chi connectivity index (χ4n) is 2.62. The molecule has 0 saturated heterocycles. The second-order valence-corrected chi connectivity index (χ2v) is 6.32. The van der Waals surface area contributed by atoms with Crippen molar-refractivity contribution in [2.24, 2.45) is 0 Å². The van der Waals surface area contributed by atoms with Crippen LogP contribution in [0.2, 0.25) is 0 Å². The number of hydrogen-bond acceptors (Lipinski definition) is 4. The topological polar surface area (TPSA) is 34.2 Å². The number of thiazole rings is 1. The van der Waals surface area contributed by atoms with Crippen LogP contribution in [-0.2, 0) is 6.42 Å². The molecule has 0 aliphatic heterocycles. The number of aryl methyl sites for hydroxylation is 3. The van der Waals surface area contributed by atoms with E-state index in [2.05, 4.69) is 48.6 Å². The molecule has 1 N–H and O–H groups in total. The molecule has 1 aromatic heterocycles. The zero-order chi connectivity index (χ0) is 15.4. The average molecular weight is 304 g/mol. The highest BCUT2D eigenvalue weighted by molar-refractivity contribution is 7.09. The Bertz CT molecular complexity index is 607. The lowest BCUT2D eigenvalue weighted by molar-refractivity contribution is 0.410. The Morgan fingerprint density at radius 3 is 2.57 bits per heavy atom. The Kier molecular flexibility index (Phi) is 5.37. The Morgan fingerprint density at radius 2 is 2.00 bits per heavy atom. The van der Waals surface area contributed by atoms with Gasteiger partial charge in [-0.05, 0) is 50.1 Å². The van der Waals surface area contributed by atoms with Crippen LogP contribution >= 0.6 is 11.3 Å². The standard InChI is InChI=1S/C17H24N2OS/c1-6-18-15(9-17-19-13(4)10-21-17)14-7-12(3)16(20-5)8-11(14)2/h7-8,10,15,18H,6,9H2,1-5H3. The number of nitrogens with one attached hydrogen (secondary N) is 1. The molecule has 0 bridgehead atoms. The van der Waals surface area contributed by atoms with Gasteiger partial charge in [0.25, 0.3) is 0 Å². The van der Waals surface area contributed by atoms with E-state index < -0.39 is 0 Å². The summed E-state index contributed by atoms with van der Waals surface area (Å²) in [7, 11) is 1.72. The van der Waals surface area contributed by atoms with Crippen molar-refractivity contribution in [2.75, 3.05) is 13.7 Å². The molecule has 4 heteroatoms. The molecule has 1 heterocycles. The number of rotatable bonds is 6. The molecule has 0 aliphatic carbocycles. The van der Waals surface area contributed by atoms with Crippen molar-refractivity contribution in [1.29, 1.82) is 0 Å². The number of benzene rings is 1. The van der Waals surface area contributed by atoms with Crippen LogP contribution in [0, 0.1) is 20.8 Å². The van der Waals surface area contributed by atoms with E-state index >= 15 is 0 Å². The highest BCUT2D eigenvalue weighted by Gasteiger charge is 2.17. The van der Waals surface area contributed by atoms with Crippen LogP contribution < -0.4 is 10.1 Å². The van der Waals surface area contributed by atoms with Gasteiger partial charge in [0.2, 0.25) is 0 Å². The summed E-state index contributed by atoms with van der Waals surface area (Å²) in [4.78, 5) is 4.60. The minimum Gasteiger partial charge on any atom is -0.496 e. The summed E-state index contributed by atoms with van der Waals surface area (Å²) < 4.78 is 5.41. The summed E-state index contributed by atoms with van der Waals surface area (Å²) in [5.41, 5.74) is 4.88. The molecule has 1 atom stereocenters. The van der Waals surface area contributed by atoms with Crippen LogP contribution in [0.15, 0.2) is 17.5 Å². The van der Waals surface area contributed by atoms with Crippen molar-refractivity contribution >= 4 is 11.3 Å². The van der Waals surface area contributed by atoms with Gasteiger partial charge in [-0.25, -0.2) is 4.98 Å². The third kappa shape index (κ3) is 3.83. The molecule has 114 valence electrons. The fraction of sp³-hybridized carbons (Fsp3) is 0.471. The van der Waals surface area contributed by atoms with E-state index in [-0.39, 0.29) is 0 Å². The second kappa shape index (κ2) is 7.05. The number of ether oxygens (including phenoxy) is 1. The molecule has 2 rings (SSSR count). The Labute approximate surface area is 131 Å². The number of methoxy groups -OCH3 is 1. The van der Waals surface area contributed by atoms with E-state index in [9.17, 15) is 0 Å². The molecular formula is C17H24N2OS. The van der Waals surface area contributed by atoms with E-state index in [0.717, 1.165) is 24.4 Å². The number of hydrogen-bond donors (Lipinski definition) is 1. The van der Waals surface area contributed by atoms with Crippen LogP contribution in [0.4, 0.5) is 0 Å². The lowest BCUT2D eigenvalue weighted by Crippen LogP contribution is -2.24. The van der Waals surface area contributed by atoms with Gasteiger partial charge in [0, 0.05) is 23.5 Å². The highest BCUT2D eigenvalue weighted by Crippen LogP contribution is 2.29. The third-order valence-corrected chi connectivity index (χ3v) is 4.64. The molecule has 1 unspecified atom stereocenters. The smallest absolute Gasteiger partial charge is 0.122 e. The zero-order valence-electron chi connectivity index (χ0n) is 13.5. The van der Waals surface area contributed by atoms with E-state index in [1.54, 1.807) is 18.4 Å². The average Bonchev–Trinajstić information content (AvgIpc) is 2.86. The molecule has 0 aliphatic rings. The minimum absolute atomic E-state index is 0.296. The predicted octanol–water partition coefficient (Wildman–Crippen LogP) is 3.97. The molecule has 0 saturated carbocycles. The van der Waals surface area contributed by atoms with Crippen molar-refractivity contribution < 1.29 is 4.74 Å². The van der Waals surface area contributed by atoms with Crippen molar-refractivity contribution in [3.05, 3.63) is 44.9 Å². The van der Waals surface area contributed by atoms with Crippen LogP contribution in [0.1, 0.15) is 40.4 Å². The molecule has 0 amide bonds. The molecule has 0 spiro atoms. The van der Waals surface area contributed by atoms with Gasteiger partial charge < -0.3 is 10.1 Å². The summed E-state index contributed by atoms with van der Waals surface area (Å²) in [5.74, 6) is 0.955. The van der Waals surface area contributed by atoms with Crippen molar-refractivity contribution in [3.8, 4) is 5.75 Å². The van der Waals surface area contributed by atoms with Gasteiger partial charge in [-0.15, -0.1) is 11.3 Å². The van der Waals surface area contributed by atoms with Crippen LogP contribution in [-0.4, -0.2) is 18.6 Å². The third-order valence-electron chi connectivity index (χ3n) is 3.65. The van der Waals surface area contributed by atoms with Gasteiger partial charge in [0.15, 0.2) is 0 Å². The van der Waals surface area contributed by atoms with Crippen molar-refractivity contribution in [1.82, 2.24) is 10.3 Å². The summed E-state index contributed by atoms with van der Waals surface area (Å²) in [5, 5.41) is 6.89. The summed E-state index contributed by atoms with van der Waals surface area (Å²) in [6.45, 7) is 9.38. The van der Waals surface area contributed by atoms with Gasteiger partial charge >= 0.3 is 0 Å². The van der Waals surface area contributed by atoms with Gasteiger partial charge in [-0.2, -0.15) is 0 Å². The van der Waals surface area contributed by atoms with E-state index in [1.807, 2.05) is 6.92 Å². The minimum atomic E-state index is 0.296. The van der Waals surface area contributed by atoms with E-state index in [0.29, 0.717) is 6.04 Å². The Morgan fingerprint density at radius 1 is 1.24 bits per heavy atom. The van der Waals surface area contributed by atoms with Gasteiger partial charge in [-0.3, -0.25) is 0 Å². The Hall–Kier alpha value is -1.39. The lowest BCUT2D eigenvalue weighted by atomic mass is 9.96. The summed E-state index contributed by atoms with van der Waals surface area (Å²) >= 11 is 1.74. The fourth-order valence-corrected chi connectivity index (χ4v) is 3.44. The SMILES string of the molecule is CCNC(Cc1nc(C)cs1)c1cc(C)c(OC)cc1C. The highest BCUT2D eigenvalue weighted by atomic mass is 32.1. The maximum Gasteiger partial charge on any atom is 0.122 e. The maximum absolute atomic E-state index is 5.41. The number of nitrogens with zero attached hydrogens (tertiary/aromatic N) is 1. The quantitative estimate of drug-likeness (QED) is 0.877. The first-order valence-electron chi connectivity index (χ1n) is 7.34. The Balaban J connectivity index is 2.31. The van der Waals surface area contributed by atoms with Crippen molar-refractivity contribution in [2.45, 2.75) is 40.2 Å². The van der Waals surface area contributed by atoms with Crippen molar-refractivity contribution in [3.63, 3.8) is 0 Å². The van der Waals surface area contributed by atoms with Crippen LogP contribution in [0.3, 0.4) is 0 Å². The number of aromatic nitrogens is 1. The first kappa shape index (κ1) is 16.0.